The highest BCUT2D eigenvalue weighted by molar-refractivity contribution is 14.1. The number of ether oxygens (including phenoxy) is 3. The maximum atomic E-state index is 10.7. The number of rotatable bonds is 8. The number of nitrogens with one attached hydrogen (secondary N) is 4. The summed E-state index contributed by atoms with van der Waals surface area (Å²) < 4.78 is 19.0. The summed E-state index contributed by atoms with van der Waals surface area (Å²) in [5.74, 6) is 1.70. The second-order valence-corrected chi connectivity index (χ2v) is 18.0. The van der Waals surface area contributed by atoms with E-state index in [9.17, 15) is 9.59 Å². The van der Waals surface area contributed by atoms with E-state index in [2.05, 4.69) is 158 Å². The van der Waals surface area contributed by atoms with Gasteiger partial charge in [0.25, 0.3) is 0 Å². The van der Waals surface area contributed by atoms with Gasteiger partial charge in [0.05, 0.1) is 71.1 Å². The number of aromatic amines is 2. The summed E-state index contributed by atoms with van der Waals surface area (Å²) in [5, 5.41) is 7.00. The molecule has 2 saturated heterocycles. The number of aromatic nitrogens is 4. The molecule has 4 aromatic rings. The van der Waals surface area contributed by atoms with E-state index in [1.54, 1.807) is 0 Å². The number of methoxy groups -OCH3 is 1. The molecule has 4 N–H and O–H groups in total. The zero-order valence-corrected chi connectivity index (χ0v) is 35.5. The Morgan fingerprint density at radius 3 is 1.61 bits per heavy atom. The summed E-state index contributed by atoms with van der Waals surface area (Å²) in [6.45, 7) is 18.2. The Kier molecular flexibility index (Phi) is 14.9. The first-order valence-corrected chi connectivity index (χ1v) is 19.7. The van der Waals surface area contributed by atoms with Crippen molar-refractivity contribution >= 4 is 79.5 Å². The molecule has 6 rings (SSSR count). The number of halogens is 2. The Balaban J connectivity index is 0.000000180. The summed E-state index contributed by atoms with van der Waals surface area (Å²) >= 11 is 4.64. The van der Waals surface area contributed by atoms with Crippen LogP contribution in [0.3, 0.4) is 0 Å². The molecular formula is C38H54I2N6O5. The van der Waals surface area contributed by atoms with Gasteiger partial charge in [-0.3, -0.25) is 4.79 Å². The minimum Gasteiger partial charge on any atom is -0.469 e. The van der Waals surface area contributed by atoms with Crippen molar-refractivity contribution in [2.75, 3.05) is 20.2 Å². The first-order valence-electron chi connectivity index (χ1n) is 17.6. The standard InChI is InChI=1S/2C15H20IN3O.C8H14O3/c2*1-15(2,3)20-10-7-13(17-8-10)14-18-11-5-4-9(16)6-12(11)19-14;1-6(2)7(5-9)4-8(10)11-3/h2*4-6,10,13,17H,7-8H2,1-3H3,(H,18,19);5-7H,4H2,1-3H3/t2*10-,13?;7-/m111/s1. The molecule has 13 heteroatoms. The molecule has 280 valence electrons. The van der Waals surface area contributed by atoms with Crippen molar-refractivity contribution in [1.82, 2.24) is 30.6 Å². The van der Waals surface area contributed by atoms with Gasteiger partial charge in [-0.05, 0) is 142 Å². The summed E-state index contributed by atoms with van der Waals surface area (Å²) in [6, 6.07) is 13.1. The zero-order chi connectivity index (χ0) is 37.5. The number of carbonyl (C=O) groups is 2. The van der Waals surface area contributed by atoms with Crippen LogP contribution in [0.2, 0.25) is 0 Å². The number of imidazole rings is 2. The molecule has 0 bridgehead atoms. The van der Waals surface area contributed by atoms with Crippen LogP contribution in [-0.4, -0.2) is 75.8 Å². The third-order valence-electron chi connectivity index (χ3n) is 8.47. The van der Waals surface area contributed by atoms with E-state index in [0.29, 0.717) is 0 Å². The molecule has 0 radical (unpaired) electrons. The van der Waals surface area contributed by atoms with Crippen molar-refractivity contribution < 1.29 is 23.8 Å². The van der Waals surface area contributed by atoms with Crippen LogP contribution in [0, 0.1) is 19.0 Å². The normalized spacial score (nSPS) is 21.3. The van der Waals surface area contributed by atoms with Crippen LogP contribution in [0.4, 0.5) is 0 Å². The van der Waals surface area contributed by atoms with Crippen molar-refractivity contribution in [2.45, 2.75) is 110 Å². The highest BCUT2D eigenvalue weighted by atomic mass is 127. The van der Waals surface area contributed by atoms with Gasteiger partial charge in [-0.15, -0.1) is 0 Å². The maximum absolute atomic E-state index is 10.7. The van der Waals surface area contributed by atoms with Crippen LogP contribution in [0.5, 0.6) is 0 Å². The Labute approximate surface area is 329 Å². The molecule has 0 saturated carbocycles. The molecular weight excluding hydrogens is 874 g/mol. The summed E-state index contributed by atoms with van der Waals surface area (Å²) in [5.41, 5.74) is 4.09. The number of esters is 1. The van der Waals surface area contributed by atoms with E-state index in [-0.39, 0.29) is 59.7 Å². The van der Waals surface area contributed by atoms with Gasteiger partial charge >= 0.3 is 5.97 Å². The maximum Gasteiger partial charge on any atom is 0.306 e. The molecule has 4 heterocycles. The molecule has 5 atom stereocenters. The van der Waals surface area contributed by atoms with Crippen LogP contribution in [0.25, 0.3) is 22.1 Å². The smallest absolute Gasteiger partial charge is 0.306 e. The molecule has 0 aliphatic carbocycles. The molecule has 2 fully saturated rings. The van der Waals surface area contributed by atoms with Crippen molar-refractivity contribution in [1.29, 1.82) is 0 Å². The van der Waals surface area contributed by atoms with Crippen molar-refractivity contribution in [3.05, 3.63) is 55.2 Å². The summed E-state index contributed by atoms with van der Waals surface area (Å²) in [4.78, 5) is 37.3. The average molecular weight is 929 g/mol. The monoisotopic (exact) mass is 928 g/mol. The topological polar surface area (TPSA) is 143 Å². The van der Waals surface area contributed by atoms with Gasteiger partial charge in [-0.1, -0.05) is 13.8 Å². The van der Waals surface area contributed by atoms with Gasteiger partial charge in [-0.25, -0.2) is 9.97 Å². The van der Waals surface area contributed by atoms with E-state index >= 15 is 0 Å². The first-order chi connectivity index (χ1) is 23.9. The number of fused-ring (bicyclic) bond motifs is 2. The molecule has 2 unspecified atom stereocenters. The number of nitrogens with zero attached hydrogens (tertiary/aromatic N) is 2. The van der Waals surface area contributed by atoms with E-state index in [1.165, 1.54) is 14.3 Å². The fraction of sp³-hybridized carbons (Fsp3) is 0.579. The fourth-order valence-corrected chi connectivity index (χ4v) is 7.04. The van der Waals surface area contributed by atoms with Crippen LogP contribution >= 0.6 is 45.2 Å². The van der Waals surface area contributed by atoms with Crippen molar-refractivity contribution in [3.8, 4) is 0 Å². The lowest BCUT2D eigenvalue weighted by Crippen LogP contribution is -2.28. The SMILES string of the molecule is CC(C)(C)O[C@H]1CNC(c2nc3ccc(I)cc3[nH]2)C1.CC(C)(C)O[C@H]1CNC(c2nc3ccc(I)cc3[nH]2)C1.COC(=O)C[C@H](C=O)C(C)C. The van der Waals surface area contributed by atoms with Gasteiger partial charge in [0.2, 0.25) is 0 Å². The van der Waals surface area contributed by atoms with Crippen molar-refractivity contribution in [3.63, 3.8) is 0 Å². The largest absolute Gasteiger partial charge is 0.469 e. The highest BCUT2D eigenvalue weighted by Gasteiger charge is 2.32. The lowest BCUT2D eigenvalue weighted by atomic mass is 9.94. The average Bonchev–Trinajstić information content (AvgIpc) is 3.84. The third kappa shape index (κ3) is 13.0. The number of H-pyrrole nitrogens is 2. The molecule has 11 nitrogen and oxygen atoms in total. The van der Waals surface area contributed by atoms with E-state index in [4.69, 9.17) is 9.47 Å². The number of benzene rings is 2. The molecule has 2 aliphatic rings. The molecule has 2 aromatic heterocycles. The third-order valence-corrected chi connectivity index (χ3v) is 9.81. The zero-order valence-electron chi connectivity index (χ0n) is 31.2. The predicted octanol–water partition coefficient (Wildman–Crippen LogP) is 7.79. The number of hydrogen-bond acceptors (Lipinski definition) is 9. The van der Waals surface area contributed by atoms with E-state index in [1.807, 2.05) is 13.8 Å². The van der Waals surface area contributed by atoms with Crippen LogP contribution in [0.15, 0.2) is 36.4 Å². The van der Waals surface area contributed by atoms with Gasteiger partial charge in [0.15, 0.2) is 0 Å². The molecule has 0 spiro atoms. The summed E-state index contributed by atoms with van der Waals surface area (Å²) in [7, 11) is 1.32. The van der Waals surface area contributed by atoms with E-state index in [0.717, 1.165) is 65.9 Å². The number of carbonyl (C=O) groups excluding carboxylic acids is 2. The molecule has 0 amide bonds. The lowest BCUT2D eigenvalue weighted by Gasteiger charge is -2.24. The van der Waals surface area contributed by atoms with Crippen LogP contribution in [-0.2, 0) is 23.8 Å². The second kappa shape index (κ2) is 18.2. The van der Waals surface area contributed by atoms with Crippen LogP contribution in [0.1, 0.15) is 98.4 Å². The predicted molar refractivity (Wildman–Crippen MR) is 219 cm³/mol. The quantitative estimate of drug-likeness (QED) is 0.0792. The minimum absolute atomic E-state index is 0.0920. The van der Waals surface area contributed by atoms with E-state index < -0.39 is 0 Å². The second-order valence-electron chi connectivity index (χ2n) is 15.5. The van der Waals surface area contributed by atoms with Crippen molar-refractivity contribution in [2.24, 2.45) is 11.8 Å². The first kappa shape index (κ1) is 41.6. The Morgan fingerprint density at radius 1 is 0.824 bits per heavy atom. The fourth-order valence-electron chi connectivity index (χ4n) is 6.05. The Hall–Kier alpha value is -2.18. The lowest BCUT2D eigenvalue weighted by molar-refractivity contribution is -0.143. The van der Waals surface area contributed by atoms with Crippen LogP contribution < -0.4 is 10.6 Å². The molecule has 2 aromatic carbocycles. The Bertz CT molecular complexity index is 1630. The van der Waals surface area contributed by atoms with Gasteiger partial charge in [0.1, 0.15) is 17.9 Å². The number of aldehydes is 1. The van der Waals surface area contributed by atoms with Gasteiger partial charge in [0, 0.05) is 26.1 Å². The molecule has 51 heavy (non-hydrogen) atoms. The minimum atomic E-state index is -0.323. The Morgan fingerprint density at radius 2 is 1.25 bits per heavy atom. The van der Waals surface area contributed by atoms with Gasteiger partial charge < -0.3 is 39.6 Å². The molecule has 2 aliphatic heterocycles. The highest BCUT2D eigenvalue weighted by Crippen LogP contribution is 2.29. The van der Waals surface area contributed by atoms with Gasteiger partial charge in [-0.2, -0.15) is 0 Å². The number of hydrogen-bond donors (Lipinski definition) is 4. The summed E-state index contributed by atoms with van der Waals surface area (Å²) in [6.07, 6.45) is 3.45.